The molecule has 1 aromatic heterocycles. The second kappa shape index (κ2) is 11.9. The van der Waals surface area contributed by atoms with E-state index in [1.54, 1.807) is 18.2 Å². The second-order valence-corrected chi connectivity index (χ2v) is 12.4. The van der Waals surface area contributed by atoms with Gasteiger partial charge in [0.25, 0.3) is 0 Å². The summed E-state index contributed by atoms with van der Waals surface area (Å²) in [5.41, 5.74) is 4.01. The quantitative estimate of drug-likeness (QED) is 0.232. The van der Waals surface area contributed by atoms with E-state index in [2.05, 4.69) is 52.4 Å². The van der Waals surface area contributed by atoms with Gasteiger partial charge in [0, 0.05) is 56.9 Å². The van der Waals surface area contributed by atoms with E-state index >= 15 is 0 Å². The first-order chi connectivity index (χ1) is 20.2. The van der Waals surface area contributed by atoms with Crippen LogP contribution in [0.4, 0.5) is 24.5 Å². The van der Waals surface area contributed by atoms with E-state index in [1.165, 1.54) is 11.3 Å². The van der Waals surface area contributed by atoms with Crippen molar-refractivity contribution in [3.8, 4) is 0 Å². The first-order valence-corrected chi connectivity index (χ1v) is 14.8. The molecule has 6 nitrogen and oxygen atoms in total. The zero-order valence-electron chi connectivity index (χ0n) is 24.5. The number of carbonyl (C=O) groups is 1. The van der Waals surface area contributed by atoms with Crippen LogP contribution in [0.1, 0.15) is 36.4 Å². The van der Waals surface area contributed by atoms with Crippen molar-refractivity contribution in [1.29, 1.82) is 0 Å². The maximum absolute atomic E-state index is 13.2. The van der Waals surface area contributed by atoms with Gasteiger partial charge < -0.3 is 19.7 Å². The Kier molecular flexibility index (Phi) is 8.60. The van der Waals surface area contributed by atoms with Crippen molar-refractivity contribution in [3.05, 3.63) is 87.2 Å². The molecule has 0 unspecified atom stereocenters. The number of nitrogens with one attached hydrogen (secondary N) is 1. The molecule has 5 rings (SSSR count). The molecular formula is C32H34Cl2F3N5O. The lowest BCUT2D eigenvalue weighted by atomic mass is 9.91. The summed E-state index contributed by atoms with van der Waals surface area (Å²) in [6.07, 6.45) is -4.26. The Bertz CT molecular complexity index is 1640. The fourth-order valence-electron chi connectivity index (χ4n) is 5.19. The fraction of sp³-hybridized carbons (Fsp3) is 0.375. The molecule has 1 aliphatic heterocycles. The van der Waals surface area contributed by atoms with E-state index in [1.807, 2.05) is 17.7 Å². The molecule has 1 saturated heterocycles. The van der Waals surface area contributed by atoms with Gasteiger partial charge >= 0.3 is 6.18 Å². The molecule has 1 aliphatic rings. The van der Waals surface area contributed by atoms with Crippen LogP contribution >= 0.6 is 23.2 Å². The first kappa shape index (κ1) is 31.0. The van der Waals surface area contributed by atoms with Crippen molar-refractivity contribution in [2.45, 2.75) is 39.9 Å². The van der Waals surface area contributed by atoms with Gasteiger partial charge in [-0.15, -0.1) is 0 Å². The van der Waals surface area contributed by atoms with Crippen LogP contribution in [0.2, 0.25) is 10.0 Å². The first-order valence-electron chi connectivity index (χ1n) is 14.1. The summed E-state index contributed by atoms with van der Waals surface area (Å²) in [6.45, 7) is 7.21. The van der Waals surface area contributed by atoms with Gasteiger partial charge in [0.05, 0.1) is 21.7 Å². The second-order valence-electron chi connectivity index (χ2n) is 11.6. The lowest BCUT2D eigenvalue weighted by molar-refractivity contribution is -0.211. The van der Waals surface area contributed by atoms with E-state index in [0.717, 1.165) is 68.1 Å². The van der Waals surface area contributed by atoms with E-state index in [9.17, 15) is 18.0 Å². The van der Waals surface area contributed by atoms with Crippen molar-refractivity contribution >= 4 is 51.5 Å². The average molecular weight is 633 g/mol. The predicted octanol–water partition coefficient (Wildman–Crippen LogP) is 7.31. The number of halogens is 5. The zero-order valence-corrected chi connectivity index (χ0v) is 26.0. The number of hydrogen-bond donors (Lipinski definition) is 1. The molecule has 4 aromatic rings. The summed E-state index contributed by atoms with van der Waals surface area (Å²) in [5, 5.41) is 3.54. The maximum Gasteiger partial charge on any atom is 0.402 e. The minimum Gasteiger partial charge on any atom is -0.368 e. The highest BCUT2D eigenvalue weighted by molar-refractivity contribution is 6.34. The summed E-state index contributed by atoms with van der Waals surface area (Å²) < 4.78 is 41.7. The SMILES string of the molecule is Cc1ccc(N2CCN(c3cc4c(cc3Cl)nc(Cc3cc(CNC(=O)C(C)(C)C(F)(F)F)ccc3Cl)n4C)CC2)cc1. The van der Waals surface area contributed by atoms with Crippen molar-refractivity contribution in [2.24, 2.45) is 12.5 Å². The van der Waals surface area contributed by atoms with Gasteiger partial charge in [-0.05, 0) is 62.2 Å². The molecule has 0 atom stereocenters. The lowest BCUT2D eigenvalue weighted by Crippen LogP contribution is -2.46. The number of rotatable bonds is 7. The van der Waals surface area contributed by atoms with Crippen LogP contribution in [0.5, 0.6) is 0 Å². The van der Waals surface area contributed by atoms with Gasteiger partial charge in [0.15, 0.2) is 0 Å². The van der Waals surface area contributed by atoms with Gasteiger partial charge in [0.1, 0.15) is 11.2 Å². The largest absolute Gasteiger partial charge is 0.402 e. The number of aryl methyl sites for hydroxylation is 2. The molecule has 1 fully saturated rings. The normalized spacial score (nSPS) is 14.4. The van der Waals surface area contributed by atoms with Gasteiger partial charge in [-0.3, -0.25) is 4.79 Å². The molecule has 1 amide bonds. The Hall–Kier alpha value is -3.43. The molecule has 43 heavy (non-hydrogen) atoms. The number of hydrogen-bond acceptors (Lipinski definition) is 4. The van der Waals surface area contributed by atoms with E-state index in [-0.39, 0.29) is 6.54 Å². The summed E-state index contributed by atoms with van der Waals surface area (Å²) in [5.74, 6) is -0.329. The molecule has 0 saturated carbocycles. The topological polar surface area (TPSA) is 53.4 Å². The molecule has 0 aliphatic carbocycles. The number of piperazine rings is 1. The Labute approximate surface area is 259 Å². The third kappa shape index (κ3) is 6.43. The Morgan fingerprint density at radius 3 is 2.23 bits per heavy atom. The molecule has 0 bridgehead atoms. The maximum atomic E-state index is 13.2. The number of benzene rings is 3. The monoisotopic (exact) mass is 631 g/mol. The minimum atomic E-state index is -4.65. The number of imidazole rings is 1. The Morgan fingerprint density at radius 2 is 1.58 bits per heavy atom. The van der Waals surface area contributed by atoms with Gasteiger partial charge in [-0.1, -0.05) is 53.0 Å². The van der Waals surface area contributed by atoms with Gasteiger partial charge in [0.2, 0.25) is 5.91 Å². The number of fused-ring (bicyclic) bond motifs is 1. The molecule has 0 radical (unpaired) electrons. The standard InChI is InChI=1S/C32H34Cl2F3N5O/c1-20-5-8-23(9-6-20)41-11-13-42(14-12-41)27-18-28-26(17-25(27)34)39-29(40(28)4)16-22-15-21(7-10-24(22)33)19-38-30(43)31(2,3)32(35,36)37/h5-10,15,17-18H,11-14,16,19H2,1-4H3,(H,38,43). The third-order valence-electron chi connectivity index (χ3n) is 8.25. The van der Waals surface area contributed by atoms with Crippen LogP contribution in [0.3, 0.4) is 0 Å². The third-order valence-corrected chi connectivity index (χ3v) is 8.92. The summed E-state index contributed by atoms with van der Waals surface area (Å²) in [4.78, 5) is 21.7. The van der Waals surface area contributed by atoms with Crippen LogP contribution < -0.4 is 15.1 Å². The van der Waals surface area contributed by atoms with Crippen LogP contribution in [0.25, 0.3) is 11.0 Å². The van der Waals surface area contributed by atoms with Gasteiger partial charge in [-0.25, -0.2) is 4.98 Å². The van der Waals surface area contributed by atoms with Crippen LogP contribution in [-0.4, -0.2) is 47.8 Å². The highest BCUT2D eigenvalue weighted by Crippen LogP contribution is 2.38. The van der Waals surface area contributed by atoms with E-state index in [4.69, 9.17) is 28.2 Å². The van der Waals surface area contributed by atoms with Crippen LogP contribution in [0, 0.1) is 12.3 Å². The summed E-state index contributed by atoms with van der Waals surface area (Å²) in [7, 11) is 1.94. The average Bonchev–Trinajstić information content (AvgIpc) is 3.26. The van der Waals surface area contributed by atoms with E-state index < -0.39 is 17.5 Å². The van der Waals surface area contributed by atoms with E-state index in [0.29, 0.717) is 22.0 Å². The molecular weight excluding hydrogens is 598 g/mol. The molecule has 1 N–H and O–H groups in total. The highest BCUT2D eigenvalue weighted by atomic mass is 35.5. The van der Waals surface area contributed by atoms with Gasteiger partial charge in [-0.2, -0.15) is 13.2 Å². The highest BCUT2D eigenvalue weighted by Gasteiger charge is 2.52. The molecule has 2 heterocycles. The number of carbonyl (C=O) groups excluding carboxylic acids is 1. The number of amides is 1. The number of aromatic nitrogens is 2. The zero-order chi connectivity index (χ0) is 31.1. The molecule has 0 spiro atoms. The smallest absolute Gasteiger partial charge is 0.368 e. The van der Waals surface area contributed by atoms with Crippen molar-refractivity contribution in [1.82, 2.24) is 14.9 Å². The van der Waals surface area contributed by atoms with Crippen molar-refractivity contribution in [3.63, 3.8) is 0 Å². The van der Waals surface area contributed by atoms with Crippen LogP contribution in [-0.2, 0) is 24.8 Å². The van der Waals surface area contributed by atoms with Crippen molar-refractivity contribution < 1.29 is 18.0 Å². The molecule has 228 valence electrons. The Balaban J connectivity index is 1.31. The summed E-state index contributed by atoms with van der Waals surface area (Å²) in [6, 6.07) is 17.7. The molecule has 11 heteroatoms. The minimum absolute atomic E-state index is 0.0544. The van der Waals surface area contributed by atoms with Crippen LogP contribution in [0.15, 0.2) is 54.6 Å². The predicted molar refractivity (Wildman–Crippen MR) is 167 cm³/mol. The Morgan fingerprint density at radius 1 is 0.930 bits per heavy atom. The number of nitrogens with zero attached hydrogens (tertiary/aromatic N) is 4. The molecule has 3 aromatic carbocycles. The number of anilines is 2. The fourth-order valence-corrected chi connectivity index (χ4v) is 5.65. The summed E-state index contributed by atoms with van der Waals surface area (Å²) >= 11 is 13.3. The number of alkyl halides is 3. The van der Waals surface area contributed by atoms with Crippen molar-refractivity contribution in [2.75, 3.05) is 36.0 Å². The lowest BCUT2D eigenvalue weighted by Gasteiger charge is -2.37.